The van der Waals surface area contributed by atoms with Crippen molar-refractivity contribution in [1.29, 1.82) is 0 Å². The lowest BCUT2D eigenvalue weighted by Gasteiger charge is -2.31. The molecule has 17 heavy (non-hydrogen) atoms. The SMILES string of the molecule is CC(C)NC1(CO)CCC(Sc2nccs2)C1. The number of hydrogen-bond acceptors (Lipinski definition) is 5. The first-order valence-corrected chi connectivity index (χ1v) is 7.84. The Morgan fingerprint density at radius 3 is 3.12 bits per heavy atom. The van der Waals surface area contributed by atoms with Crippen LogP contribution in [0.4, 0.5) is 0 Å². The smallest absolute Gasteiger partial charge is 0.150 e. The maximum atomic E-state index is 9.62. The summed E-state index contributed by atoms with van der Waals surface area (Å²) in [5.74, 6) is 0. The Morgan fingerprint density at radius 2 is 2.53 bits per heavy atom. The Hall–Kier alpha value is -0.100. The Morgan fingerprint density at radius 1 is 1.71 bits per heavy atom. The third-order valence-electron chi connectivity index (χ3n) is 3.14. The quantitative estimate of drug-likeness (QED) is 0.864. The molecular weight excluding hydrogens is 252 g/mol. The largest absolute Gasteiger partial charge is 0.394 e. The minimum absolute atomic E-state index is 0.0664. The second-order valence-corrected chi connectivity index (χ2v) is 7.46. The van der Waals surface area contributed by atoms with Crippen LogP contribution in [0.1, 0.15) is 33.1 Å². The van der Waals surface area contributed by atoms with Gasteiger partial charge in [0.05, 0.1) is 6.61 Å². The number of aliphatic hydroxyl groups excluding tert-OH is 1. The highest BCUT2D eigenvalue weighted by atomic mass is 32.2. The van der Waals surface area contributed by atoms with Crippen molar-refractivity contribution in [3.63, 3.8) is 0 Å². The zero-order chi connectivity index (χ0) is 12.3. The molecule has 0 radical (unpaired) electrons. The van der Waals surface area contributed by atoms with Crippen molar-refractivity contribution in [2.24, 2.45) is 0 Å². The summed E-state index contributed by atoms with van der Waals surface area (Å²) >= 11 is 3.56. The fraction of sp³-hybridized carbons (Fsp3) is 0.750. The number of aromatic nitrogens is 1. The average Bonchev–Trinajstić information content (AvgIpc) is 2.89. The fourth-order valence-electron chi connectivity index (χ4n) is 2.52. The Balaban J connectivity index is 1.93. The predicted molar refractivity (Wildman–Crippen MR) is 73.7 cm³/mol. The van der Waals surface area contributed by atoms with Gasteiger partial charge in [0.15, 0.2) is 0 Å². The van der Waals surface area contributed by atoms with Crippen LogP contribution in [-0.4, -0.2) is 33.5 Å². The number of thioether (sulfide) groups is 1. The van der Waals surface area contributed by atoms with E-state index in [4.69, 9.17) is 0 Å². The third-order valence-corrected chi connectivity index (χ3v) is 5.32. The first kappa shape index (κ1) is 13.3. The summed E-state index contributed by atoms with van der Waals surface area (Å²) in [6.45, 7) is 4.51. The van der Waals surface area contributed by atoms with Gasteiger partial charge in [0.1, 0.15) is 4.34 Å². The minimum atomic E-state index is -0.0664. The Bertz CT molecular complexity index is 342. The monoisotopic (exact) mass is 272 g/mol. The van der Waals surface area contributed by atoms with Crippen molar-refractivity contribution in [2.45, 2.75) is 54.3 Å². The van der Waals surface area contributed by atoms with Gasteiger partial charge in [0.25, 0.3) is 0 Å². The summed E-state index contributed by atoms with van der Waals surface area (Å²) in [7, 11) is 0. The van der Waals surface area contributed by atoms with Gasteiger partial charge in [-0.15, -0.1) is 11.3 Å². The van der Waals surface area contributed by atoms with E-state index in [0.29, 0.717) is 11.3 Å². The molecule has 1 fully saturated rings. The molecule has 3 nitrogen and oxygen atoms in total. The summed E-state index contributed by atoms with van der Waals surface area (Å²) in [6.07, 6.45) is 5.11. The van der Waals surface area contributed by atoms with E-state index >= 15 is 0 Å². The van der Waals surface area contributed by atoms with E-state index in [1.165, 1.54) is 0 Å². The van der Waals surface area contributed by atoms with Crippen molar-refractivity contribution in [2.75, 3.05) is 6.61 Å². The van der Waals surface area contributed by atoms with Crippen LogP contribution < -0.4 is 5.32 Å². The van der Waals surface area contributed by atoms with E-state index in [1.54, 1.807) is 11.3 Å². The molecule has 96 valence electrons. The van der Waals surface area contributed by atoms with E-state index in [0.717, 1.165) is 23.6 Å². The van der Waals surface area contributed by atoms with Crippen LogP contribution in [0.15, 0.2) is 15.9 Å². The van der Waals surface area contributed by atoms with E-state index in [2.05, 4.69) is 24.1 Å². The lowest BCUT2D eigenvalue weighted by Crippen LogP contribution is -2.49. The second kappa shape index (κ2) is 5.69. The van der Waals surface area contributed by atoms with Crippen molar-refractivity contribution in [3.8, 4) is 0 Å². The average molecular weight is 272 g/mol. The Kier molecular flexibility index (Phi) is 4.47. The molecule has 0 bridgehead atoms. The van der Waals surface area contributed by atoms with Crippen LogP contribution in [0, 0.1) is 0 Å². The van der Waals surface area contributed by atoms with Crippen LogP contribution in [-0.2, 0) is 0 Å². The standard InChI is InChI=1S/C12H20N2OS2/c1-9(2)14-12(8-15)4-3-10(7-12)17-11-13-5-6-16-11/h5-6,9-10,14-15H,3-4,7-8H2,1-2H3. The fourth-order valence-corrected chi connectivity index (χ4v) is 4.72. The number of rotatable bonds is 5. The highest BCUT2D eigenvalue weighted by molar-refractivity contribution is 8.01. The molecule has 0 spiro atoms. The van der Waals surface area contributed by atoms with Gasteiger partial charge in [-0.2, -0.15) is 0 Å². The van der Waals surface area contributed by atoms with Crippen molar-refractivity contribution >= 4 is 23.1 Å². The van der Waals surface area contributed by atoms with E-state index in [-0.39, 0.29) is 12.1 Å². The molecule has 1 aliphatic rings. The molecule has 1 aromatic rings. The molecule has 0 aromatic carbocycles. The first-order chi connectivity index (χ1) is 8.13. The number of nitrogens with one attached hydrogen (secondary N) is 1. The van der Waals surface area contributed by atoms with Crippen molar-refractivity contribution in [3.05, 3.63) is 11.6 Å². The lowest BCUT2D eigenvalue weighted by molar-refractivity contribution is 0.156. The summed E-state index contributed by atoms with van der Waals surface area (Å²) < 4.78 is 1.15. The van der Waals surface area contributed by atoms with Gasteiger partial charge in [-0.3, -0.25) is 0 Å². The van der Waals surface area contributed by atoms with Crippen molar-refractivity contribution in [1.82, 2.24) is 10.3 Å². The van der Waals surface area contributed by atoms with Crippen LogP contribution >= 0.6 is 23.1 Å². The molecule has 2 unspecified atom stereocenters. The summed E-state index contributed by atoms with van der Waals surface area (Å²) in [5.41, 5.74) is -0.0664. The number of aliphatic hydroxyl groups is 1. The van der Waals surface area contributed by atoms with Gasteiger partial charge in [-0.05, 0) is 19.3 Å². The molecule has 1 aliphatic carbocycles. The zero-order valence-electron chi connectivity index (χ0n) is 10.3. The van der Waals surface area contributed by atoms with Gasteiger partial charge in [0, 0.05) is 28.4 Å². The van der Waals surface area contributed by atoms with Gasteiger partial charge in [0.2, 0.25) is 0 Å². The summed E-state index contributed by atoms with van der Waals surface area (Å²) in [4.78, 5) is 4.31. The van der Waals surface area contributed by atoms with Gasteiger partial charge < -0.3 is 10.4 Å². The molecule has 0 amide bonds. The van der Waals surface area contributed by atoms with Gasteiger partial charge >= 0.3 is 0 Å². The van der Waals surface area contributed by atoms with E-state index in [9.17, 15) is 5.11 Å². The normalized spacial score (nSPS) is 29.1. The van der Waals surface area contributed by atoms with Gasteiger partial charge in [-0.1, -0.05) is 25.6 Å². The molecule has 5 heteroatoms. The molecule has 1 aromatic heterocycles. The number of hydrogen-bond donors (Lipinski definition) is 2. The van der Waals surface area contributed by atoms with Gasteiger partial charge in [-0.25, -0.2) is 4.98 Å². The van der Waals surface area contributed by atoms with Crippen LogP contribution in [0.25, 0.3) is 0 Å². The second-order valence-electron chi connectivity index (χ2n) is 5.02. The van der Waals surface area contributed by atoms with Crippen molar-refractivity contribution < 1.29 is 5.11 Å². The highest BCUT2D eigenvalue weighted by Gasteiger charge is 2.39. The molecule has 1 heterocycles. The zero-order valence-corrected chi connectivity index (χ0v) is 12.0. The lowest BCUT2D eigenvalue weighted by atomic mass is 9.98. The molecular formula is C12H20N2OS2. The maximum absolute atomic E-state index is 9.62. The maximum Gasteiger partial charge on any atom is 0.150 e. The molecule has 2 atom stereocenters. The predicted octanol–water partition coefficient (Wildman–Crippen LogP) is 2.52. The number of nitrogens with zero attached hydrogens (tertiary/aromatic N) is 1. The molecule has 1 saturated carbocycles. The first-order valence-electron chi connectivity index (χ1n) is 6.08. The van der Waals surface area contributed by atoms with Crippen LogP contribution in [0.5, 0.6) is 0 Å². The molecule has 2 N–H and O–H groups in total. The number of thiazole rings is 1. The van der Waals surface area contributed by atoms with E-state index in [1.807, 2.05) is 23.3 Å². The highest BCUT2D eigenvalue weighted by Crippen LogP contribution is 2.40. The molecule has 0 saturated heterocycles. The summed E-state index contributed by atoms with van der Waals surface area (Å²) in [6, 6.07) is 0.422. The Labute approximate surface area is 111 Å². The minimum Gasteiger partial charge on any atom is -0.394 e. The van der Waals surface area contributed by atoms with E-state index < -0.39 is 0 Å². The van der Waals surface area contributed by atoms with Crippen LogP contribution in [0.2, 0.25) is 0 Å². The molecule has 2 rings (SSSR count). The molecule has 0 aliphatic heterocycles. The summed E-state index contributed by atoms with van der Waals surface area (Å²) in [5, 5.41) is 15.8. The van der Waals surface area contributed by atoms with Crippen LogP contribution in [0.3, 0.4) is 0 Å². The topological polar surface area (TPSA) is 45.1 Å². The third kappa shape index (κ3) is 3.44.